The van der Waals surface area contributed by atoms with E-state index in [0.29, 0.717) is 36.2 Å². The topological polar surface area (TPSA) is 77.2 Å². The summed E-state index contributed by atoms with van der Waals surface area (Å²) in [6.07, 6.45) is 11.7. The molecular formula is C26H41N3O3. The summed E-state index contributed by atoms with van der Waals surface area (Å²) in [6, 6.07) is 0. The molecule has 0 unspecified atom stereocenters. The molecule has 1 aromatic rings. The van der Waals surface area contributed by atoms with E-state index in [1.54, 1.807) is 18.1 Å². The highest BCUT2D eigenvalue weighted by molar-refractivity contribution is 5.82. The van der Waals surface area contributed by atoms with E-state index in [0.717, 1.165) is 49.6 Å². The fourth-order valence-corrected chi connectivity index (χ4v) is 8.96. The van der Waals surface area contributed by atoms with E-state index < -0.39 is 5.60 Å². The van der Waals surface area contributed by atoms with Crippen molar-refractivity contribution in [1.29, 1.82) is 0 Å². The first-order valence-corrected chi connectivity index (χ1v) is 12.8. The number of aromatic nitrogens is 3. The second-order valence-corrected chi connectivity index (χ2v) is 12.2. The minimum atomic E-state index is -0.640. The first kappa shape index (κ1) is 22.5. The summed E-state index contributed by atoms with van der Waals surface area (Å²) in [5.74, 6) is 3.17. The van der Waals surface area contributed by atoms with Crippen LogP contribution in [0.3, 0.4) is 0 Å². The van der Waals surface area contributed by atoms with Gasteiger partial charge in [0, 0.05) is 13.0 Å². The van der Waals surface area contributed by atoms with Crippen LogP contribution in [-0.2, 0) is 16.1 Å². The van der Waals surface area contributed by atoms with Crippen molar-refractivity contribution in [2.45, 2.75) is 90.7 Å². The molecule has 5 rings (SSSR count). The van der Waals surface area contributed by atoms with Gasteiger partial charge in [-0.2, -0.15) is 15.0 Å². The Balaban J connectivity index is 1.32. The predicted molar refractivity (Wildman–Crippen MR) is 122 cm³/mol. The highest BCUT2D eigenvalue weighted by Gasteiger charge is 2.62. The Morgan fingerprint density at radius 1 is 1.12 bits per heavy atom. The number of aryl methyl sites for hydroxylation is 1. The van der Waals surface area contributed by atoms with Crippen molar-refractivity contribution < 1.29 is 14.6 Å². The van der Waals surface area contributed by atoms with Crippen LogP contribution in [0.1, 0.15) is 77.3 Å². The number of carbonyl (C=O) groups excluding carboxylic acids is 1. The Bertz CT molecular complexity index is 870. The minimum absolute atomic E-state index is 0.120. The fraction of sp³-hybridized carbons (Fsp3) is 0.885. The van der Waals surface area contributed by atoms with Crippen LogP contribution in [0, 0.1) is 47.3 Å². The zero-order valence-electron chi connectivity index (χ0n) is 20.3. The molecule has 0 amide bonds. The molecule has 4 fully saturated rings. The largest absolute Gasteiger partial charge is 0.387 e. The summed E-state index contributed by atoms with van der Waals surface area (Å²) in [5.41, 5.74) is 0.667. The van der Waals surface area contributed by atoms with Crippen LogP contribution in [0.4, 0.5) is 0 Å². The Labute approximate surface area is 192 Å². The average molecular weight is 444 g/mol. The van der Waals surface area contributed by atoms with Crippen molar-refractivity contribution in [3.63, 3.8) is 0 Å². The molecule has 32 heavy (non-hydrogen) atoms. The lowest BCUT2D eigenvalue weighted by molar-refractivity contribution is -0.164. The van der Waals surface area contributed by atoms with Crippen molar-refractivity contribution in [2.75, 3.05) is 13.7 Å². The molecule has 4 aliphatic carbocycles. The van der Waals surface area contributed by atoms with Gasteiger partial charge < -0.3 is 9.84 Å². The zero-order chi connectivity index (χ0) is 22.7. The lowest BCUT2D eigenvalue weighted by atomic mass is 9.44. The van der Waals surface area contributed by atoms with Crippen LogP contribution >= 0.6 is 0 Å². The summed E-state index contributed by atoms with van der Waals surface area (Å²) in [5, 5.41) is 19.7. The number of fused-ring (bicyclic) bond motifs is 5. The van der Waals surface area contributed by atoms with Crippen LogP contribution < -0.4 is 0 Å². The molecule has 1 heterocycles. The third kappa shape index (κ3) is 3.48. The van der Waals surface area contributed by atoms with Gasteiger partial charge in [0.2, 0.25) is 0 Å². The number of nitrogens with zero attached hydrogens (tertiary/aromatic N) is 3. The van der Waals surface area contributed by atoms with E-state index in [2.05, 4.69) is 24.0 Å². The predicted octanol–water partition coefficient (Wildman–Crippen LogP) is 4.19. The number of rotatable bonds is 5. The number of carbonyl (C=O) groups is 1. The maximum absolute atomic E-state index is 13.3. The number of methoxy groups -OCH3 is 1. The summed E-state index contributed by atoms with van der Waals surface area (Å²) in [4.78, 5) is 14.9. The molecule has 0 spiro atoms. The zero-order valence-corrected chi connectivity index (χ0v) is 20.3. The molecule has 0 saturated heterocycles. The van der Waals surface area contributed by atoms with E-state index in [1.165, 1.54) is 25.7 Å². The quantitative estimate of drug-likeness (QED) is 0.738. The molecule has 6 heteroatoms. The molecule has 0 aromatic carbocycles. The van der Waals surface area contributed by atoms with E-state index in [-0.39, 0.29) is 11.3 Å². The molecule has 0 aliphatic heterocycles. The number of hydrogen-bond acceptors (Lipinski definition) is 5. The van der Waals surface area contributed by atoms with Crippen LogP contribution in [0.2, 0.25) is 0 Å². The number of hydrogen-bond donors (Lipinski definition) is 1. The third-order valence-electron chi connectivity index (χ3n) is 10.6. The summed E-state index contributed by atoms with van der Waals surface area (Å²) in [7, 11) is 1.70. The minimum Gasteiger partial charge on any atom is -0.387 e. The van der Waals surface area contributed by atoms with Gasteiger partial charge in [0.05, 0.1) is 24.1 Å². The maximum atomic E-state index is 13.3. The van der Waals surface area contributed by atoms with Crippen LogP contribution in [0.15, 0.2) is 6.20 Å². The Hall–Kier alpha value is -1.27. The lowest BCUT2D eigenvalue weighted by Crippen LogP contribution is -2.57. The van der Waals surface area contributed by atoms with E-state index >= 15 is 0 Å². The van der Waals surface area contributed by atoms with Gasteiger partial charge >= 0.3 is 0 Å². The molecular weight excluding hydrogens is 402 g/mol. The van der Waals surface area contributed by atoms with Gasteiger partial charge in [-0.15, -0.1) is 0 Å². The van der Waals surface area contributed by atoms with E-state index in [1.807, 2.05) is 6.92 Å². The van der Waals surface area contributed by atoms with Gasteiger partial charge in [-0.1, -0.05) is 13.8 Å². The lowest BCUT2D eigenvalue weighted by Gasteiger charge is -2.62. The molecule has 4 saturated carbocycles. The molecule has 1 aromatic heterocycles. The Kier molecular flexibility index (Phi) is 5.56. The van der Waals surface area contributed by atoms with E-state index in [9.17, 15) is 9.90 Å². The average Bonchev–Trinajstić information content (AvgIpc) is 3.31. The molecule has 1 N–H and O–H groups in total. The second-order valence-electron chi connectivity index (χ2n) is 12.2. The normalized spacial score (nSPS) is 45.7. The molecule has 178 valence electrons. The first-order chi connectivity index (χ1) is 15.2. The fourth-order valence-electron chi connectivity index (χ4n) is 8.96. The molecule has 6 nitrogen and oxygen atoms in total. The summed E-state index contributed by atoms with van der Waals surface area (Å²) < 4.78 is 5.36. The van der Waals surface area contributed by atoms with Crippen molar-refractivity contribution in [1.82, 2.24) is 15.0 Å². The number of aliphatic hydroxyl groups is 1. The van der Waals surface area contributed by atoms with Crippen molar-refractivity contribution in [2.24, 2.45) is 40.4 Å². The van der Waals surface area contributed by atoms with Gasteiger partial charge in [0.1, 0.15) is 6.54 Å². The van der Waals surface area contributed by atoms with Crippen molar-refractivity contribution in [3.05, 3.63) is 11.9 Å². The standard InChI is InChI=1S/C26H41N3O3/c1-17-14-27-29(28-17)15-23(30)22-8-7-20-19-6-5-18-13-26(31,16-32-4)12-11-24(18,2)21(19)9-10-25(20,22)3/h14,18-22,31H,5-13,15-16H2,1-4H3/t18-,19-,20-,21-,22+,24-,25-,26+/m0/s1. The molecule has 0 bridgehead atoms. The molecule has 0 radical (unpaired) electrons. The monoisotopic (exact) mass is 443 g/mol. The van der Waals surface area contributed by atoms with Gasteiger partial charge in [-0.05, 0) is 99.2 Å². The Morgan fingerprint density at radius 3 is 2.62 bits per heavy atom. The van der Waals surface area contributed by atoms with Crippen molar-refractivity contribution in [3.8, 4) is 0 Å². The van der Waals surface area contributed by atoms with Gasteiger partial charge in [-0.3, -0.25) is 4.79 Å². The number of Topliss-reactive ketones (excluding diaryl/α,β-unsaturated/α-hetero) is 1. The van der Waals surface area contributed by atoms with E-state index in [4.69, 9.17) is 4.74 Å². The van der Waals surface area contributed by atoms with Gasteiger partial charge in [0.25, 0.3) is 0 Å². The van der Waals surface area contributed by atoms with Crippen LogP contribution in [-0.4, -0.2) is 45.2 Å². The summed E-state index contributed by atoms with van der Waals surface area (Å²) in [6.45, 7) is 7.63. The van der Waals surface area contributed by atoms with Crippen molar-refractivity contribution >= 4 is 5.78 Å². The number of ether oxygens (including phenoxy) is 1. The smallest absolute Gasteiger partial charge is 0.159 e. The SMILES string of the molecule is COC[C@@]1(O)CC[C@@]2(C)[C@@H](CC[C@@H]3[C@@H]2CC[C@]2(C)[C@@H](C(=O)Cn4ncc(C)n4)CC[C@@H]32)C1. The number of ketones is 1. The maximum Gasteiger partial charge on any atom is 0.159 e. The third-order valence-corrected chi connectivity index (χ3v) is 10.6. The second kappa shape index (κ2) is 7.90. The van der Waals surface area contributed by atoms with Crippen LogP contribution in [0.5, 0.6) is 0 Å². The molecule has 8 atom stereocenters. The first-order valence-electron chi connectivity index (χ1n) is 12.8. The van der Waals surface area contributed by atoms with Gasteiger partial charge in [0.15, 0.2) is 5.78 Å². The Morgan fingerprint density at radius 2 is 1.91 bits per heavy atom. The highest BCUT2D eigenvalue weighted by Crippen LogP contribution is 2.68. The van der Waals surface area contributed by atoms with Crippen LogP contribution in [0.25, 0.3) is 0 Å². The highest BCUT2D eigenvalue weighted by atomic mass is 16.5. The molecule has 4 aliphatic rings. The van der Waals surface area contributed by atoms with Gasteiger partial charge in [-0.25, -0.2) is 0 Å². The summed E-state index contributed by atoms with van der Waals surface area (Å²) >= 11 is 0.